The Morgan fingerprint density at radius 3 is 3.00 bits per heavy atom. The van der Waals surface area contributed by atoms with E-state index >= 15 is 0 Å². The van der Waals surface area contributed by atoms with Crippen LogP contribution in [0.4, 0.5) is 5.82 Å². The Morgan fingerprint density at radius 1 is 1.27 bits per heavy atom. The number of H-pyrrole nitrogens is 1. The van der Waals surface area contributed by atoms with Crippen molar-refractivity contribution in [1.29, 1.82) is 0 Å². The lowest BCUT2D eigenvalue weighted by molar-refractivity contribution is 1.21. The Hall–Kier alpha value is -2.10. The third kappa shape index (κ3) is 1.01. The molecule has 3 N–H and O–H groups in total. The number of nitrogen functional groups attached to an aromatic ring is 1. The van der Waals surface area contributed by atoms with Gasteiger partial charge in [0.15, 0.2) is 0 Å². The minimum absolute atomic E-state index is 0.525. The standard InChI is InChI=1S/C11H10N4/c1-6-3-2-4-7-8-10(12)13-5-14-11(8)15-9(6)7/h2-5H,1H3,(H3,12,13,14,15). The van der Waals surface area contributed by atoms with Gasteiger partial charge in [-0.25, -0.2) is 9.97 Å². The smallest absolute Gasteiger partial charge is 0.143 e. The van der Waals surface area contributed by atoms with Crippen LogP contribution in [-0.4, -0.2) is 15.0 Å². The van der Waals surface area contributed by atoms with Crippen LogP contribution in [0, 0.1) is 6.92 Å². The van der Waals surface area contributed by atoms with E-state index in [0.717, 1.165) is 21.9 Å². The van der Waals surface area contributed by atoms with Crippen LogP contribution in [0.5, 0.6) is 0 Å². The molecule has 0 aliphatic carbocycles. The SMILES string of the molecule is Cc1cccc2c1[nH]c1ncnc(N)c12. The predicted molar refractivity (Wildman–Crippen MR) is 60.5 cm³/mol. The van der Waals surface area contributed by atoms with Crippen LogP contribution in [0.3, 0.4) is 0 Å². The number of aromatic amines is 1. The van der Waals surface area contributed by atoms with Crippen molar-refractivity contribution < 1.29 is 0 Å². The minimum atomic E-state index is 0.525. The zero-order valence-electron chi connectivity index (χ0n) is 8.28. The van der Waals surface area contributed by atoms with Gasteiger partial charge in [-0.1, -0.05) is 18.2 Å². The highest BCUT2D eigenvalue weighted by molar-refractivity contribution is 6.11. The van der Waals surface area contributed by atoms with Gasteiger partial charge in [-0.15, -0.1) is 0 Å². The van der Waals surface area contributed by atoms with Gasteiger partial charge in [0.25, 0.3) is 0 Å². The molecule has 2 heterocycles. The van der Waals surface area contributed by atoms with Crippen LogP contribution in [0.25, 0.3) is 21.9 Å². The van der Waals surface area contributed by atoms with E-state index in [4.69, 9.17) is 5.73 Å². The number of rotatable bonds is 0. The number of para-hydroxylation sites is 1. The first-order valence-corrected chi connectivity index (χ1v) is 4.75. The molecular weight excluding hydrogens is 188 g/mol. The van der Waals surface area contributed by atoms with Gasteiger partial charge in [0.05, 0.1) is 10.9 Å². The van der Waals surface area contributed by atoms with E-state index < -0.39 is 0 Å². The van der Waals surface area contributed by atoms with E-state index in [1.807, 2.05) is 12.1 Å². The van der Waals surface area contributed by atoms with Gasteiger partial charge < -0.3 is 10.7 Å². The van der Waals surface area contributed by atoms with Crippen molar-refractivity contribution in [3.63, 3.8) is 0 Å². The fourth-order valence-electron chi connectivity index (χ4n) is 1.92. The van der Waals surface area contributed by atoms with Gasteiger partial charge >= 0.3 is 0 Å². The average molecular weight is 198 g/mol. The lowest BCUT2D eigenvalue weighted by Crippen LogP contribution is -1.91. The van der Waals surface area contributed by atoms with E-state index in [9.17, 15) is 0 Å². The number of hydrogen-bond acceptors (Lipinski definition) is 3. The van der Waals surface area contributed by atoms with Crippen molar-refractivity contribution in [3.05, 3.63) is 30.1 Å². The zero-order chi connectivity index (χ0) is 10.4. The van der Waals surface area contributed by atoms with E-state index in [-0.39, 0.29) is 0 Å². The number of nitrogens with zero attached hydrogens (tertiary/aromatic N) is 2. The second kappa shape index (κ2) is 2.70. The van der Waals surface area contributed by atoms with Crippen molar-refractivity contribution in [2.24, 2.45) is 0 Å². The third-order valence-corrected chi connectivity index (χ3v) is 2.66. The van der Waals surface area contributed by atoms with E-state index in [1.165, 1.54) is 11.9 Å². The van der Waals surface area contributed by atoms with Gasteiger partial charge in [-0.05, 0) is 12.5 Å². The maximum absolute atomic E-state index is 5.85. The summed E-state index contributed by atoms with van der Waals surface area (Å²) in [5.74, 6) is 0.525. The monoisotopic (exact) mass is 198 g/mol. The summed E-state index contributed by atoms with van der Waals surface area (Å²) >= 11 is 0. The number of anilines is 1. The van der Waals surface area contributed by atoms with Crippen molar-refractivity contribution in [1.82, 2.24) is 15.0 Å². The molecule has 0 amide bonds. The average Bonchev–Trinajstić information content (AvgIpc) is 2.59. The van der Waals surface area contributed by atoms with Crippen molar-refractivity contribution >= 4 is 27.8 Å². The normalized spacial score (nSPS) is 11.3. The highest BCUT2D eigenvalue weighted by Gasteiger charge is 2.09. The highest BCUT2D eigenvalue weighted by atomic mass is 15.0. The van der Waals surface area contributed by atoms with E-state index in [0.29, 0.717) is 5.82 Å². The summed E-state index contributed by atoms with van der Waals surface area (Å²) in [6.45, 7) is 2.06. The molecule has 4 heteroatoms. The molecule has 0 unspecified atom stereocenters. The molecule has 74 valence electrons. The lowest BCUT2D eigenvalue weighted by Gasteiger charge is -1.95. The molecule has 15 heavy (non-hydrogen) atoms. The summed E-state index contributed by atoms with van der Waals surface area (Å²) < 4.78 is 0. The molecule has 0 spiro atoms. The molecule has 3 rings (SSSR count). The summed E-state index contributed by atoms with van der Waals surface area (Å²) in [6.07, 6.45) is 1.47. The second-order valence-corrected chi connectivity index (χ2v) is 3.60. The fourth-order valence-corrected chi connectivity index (χ4v) is 1.92. The largest absolute Gasteiger partial charge is 0.383 e. The molecule has 4 nitrogen and oxygen atoms in total. The van der Waals surface area contributed by atoms with Gasteiger partial charge in [0.2, 0.25) is 0 Å². The van der Waals surface area contributed by atoms with Gasteiger partial charge in [0, 0.05) is 5.39 Å². The summed E-state index contributed by atoms with van der Waals surface area (Å²) in [5.41, 5.74) is 8.91. The highest BCUT2D eigenvalue weighted by Crippen LogP contribution is 2.28. The molecule has 0 bridgehead atoms. The fraction of sp³-hybridized carbons (Fsp3) is 0.0909. The molecule has 0 radical (unpaired) electrons. The Bertz CT molecular complexity index is 654. The van der Waals surface area contributed by atoms with Gasteiger partial charge in [-0.3, -0.25) is 0 Å². The molecule has 0 aliphatic heterocycles. The molecule has 0 saturated heterocycles. The Labute approximate surface area is 86.1 Å². The summed E-state index contributed by atoms with van der Waals surface area (Å²) in [4.78, 5) is 11.4. The summed E-state index contributed by atoms with van der Waals surface area (Å²) in [6, 6.07) is 6.10. The molecule has 0 atom stereocenters. The molecule has 3 aromatic rings. The van der Waals surface area contributed by atoms with Crippen LogP contribution in [-0.2, 0) is 0 Å². The number of nitrogens with two attached hydrogens (primary N) is 1. The maximum Gasteiger partial charge on any atom is 0.143 e. The van der Waals surface area contributed by atoms with Crippen LogP contribution in [0.15, 0.2) is 24.5 Å². The first-order valence-electron chi connectivity index (χ1n) is 4.75. The topological polar surface area (TPSA) is 67.6 Å². The Morgan fingerprint density at radius 2 is 2.13 bits per heavy atom. The van der Waals surface area contributed by atoms with Crippen LogP contribution < -0.4 is 5.73 Å². The Balaban J connectivity index is 2.65. The first kappa shape index (κ1) is 8.23. The van der Waals surface area contributed by atoms with Gasteiger partial charge in [-0.2, -0.15) is 0 Å². The number of aryl methyl sites for hydroxylation is 1. The first-order chi connectivity index (χ1) is 7.27. The van der Waals surface area contributed by atoms with Crippen molar-refractivity contribution in [3.8, 4) is 0 Å². The molecule has 2 aromatic heterocycles. The third-order valence-electron chi connectivity index (χ3n) is 2.66. The zero-order valence-corrected chi connectivity index (χ0v) is 8.28. The quantitative estimate of drug-likeness (QED) is 0.580. The number of fused-ring (bicyclic) bond motifs is 3. The molecular formula is C11H10N4. The van der Waals surface area contributed by atoms with E-state index in [1.54, 1.807) is 0 Å². The lowest BCUT2D eigenvalue weighted by atomic mass is 10.1. The predicted octanol–water partition coefficient (Wildman–Crippen LogP) is 2.00. The van der Waals surface area contributed by atoms with E-state index in [2.05, 4.69) is 27.9 Å². The molecule has 1 aromatic carbocycles. The maximum atomic E-state index is 5.85. The van der Waals surface area contributed by atoms with Crippen molar-refractivity contribution in [2.75, 3.05) is 5.73 Å². The number of nitrogens with one attached hydrogen (secondary N) is 1. The van der Waals surface area contributed by atoms with Crippen LogP contribution >= 0.6 is 0 Å². The van der Waals surface area contributed by atoms with Crippen LogP contribution in [0.2, 0.25) is 0 Å². The number of aromatic nitrogens is 3. The summed E-state index contributed by atoms with van der Waals surface area (Å²) in [7, 11) is 0. The molecule has 0 aliphatic rings. The minimum Gasteiger partial charge on any atom is -0.383 e. The Kier molecular flexibility index (Phi) is 1.48. The van der Waals surface area contributed by atoms with Crippen molar-refractivity contribution in [2.45, 2.75) is 6.92 Å². The number of benzene rings is 1. The van der Waals surface area contributed by atoms with Gasteiger partial charge in [0.1, 0.15) is 17.8 Å². The molecule has 0 saturated carbocycles. The molecule has 0 fully saturated rings. The second-order valence-electron chi connectivity index (χ2n) is 3.60. The number of hydrogen-bond donors (Lipinski definition) is 2. The summed E-state index contributed by atoms with van der Waals surface area (Å²) in [5, 5.41) is 2.00. The van der Waals surface area contributed by atoms with Crippen LogP contribution in [0.1, 0.15) is 5.56 Å².